The van der Waals surface area contributed by atoms with E-state index in [1.165, 1.54) is 13.8 Å². The molecular formula is C12H14F3NO2. The Labute approximate surface area is 103 Å². The van der Waals surface area contributed by atoms with Crippen LogP contribution < -0.4 is 5.73 Å². The molecule has 0 radical (unpaired) electrons. The van der Waals surface area contributed by atoms with Gasteiger partial charge in [0.25, 0.3) is 0 Å². The average molecular weight is 261 g/mol. The molecule has 0 aliphatic carbocycles. The molecule has 18 heavy (non-hydrogen) atoms. The fraction of sp³-hybridized carbons (Fsp3) is 0.417. The first-order valence-electron chi connectivity index (χ1n) is 5.20. The standard InChI is InChI=1S/C12H14F3NO2/c1-12(2,11(17)18-3)10(16)8-6(13)4-5-7(14)9(8)15/h4-5,10H,16H2,1-3H3/t10-/m1/s1. The number of rotatable bonds is 3. The minimum absolute atomic E-state index is 0.659. The normalized spacial score (nSPS) is 13.3. The zero-order chi connectivity index (χ0) is 14.1. The number of esters is 1. The van der Waals surface area contributed by atoms with E-state index >= 15 is 0 Å². The van der Waals surface area contributed by atoms with Crippen molar-refractivity contribution in [1.29, 1.82) is 0 Å². The quantitative estimate of drug-likeness (QED) is 0.671. The van der Waals surface area contributed by atoms with E-state index in [4.69, 9.17) is 5.73 Å². The van der Waals surface area contributed by atoms with E-state index < -0.39 is 40.4 Å². The largest absolute Gasteiger partial charge is 0.469 e. The Bertz CT molecular complexity index is 475. The Morgan fingerprint density at radius 1 is 1.28 bits per heavy atom. The fourth-order valence-corrected chi connectivity index (χ4v) is 1.58. The molecule has 1 aromatic carbocycles. The number of carbonyl (C=O) groups is 1. The summed E-state index contributed by atoms with van der Waals surface area (Å²) in [5.74, 6) is -4.35. The lowest BCUT2D eigenvalue weighted by molar-refractivity contribution is -0.152. The third-order valence-electron chi connectivity index (χ3n) is 2.88. The van der Waals surface area contributed by atoms with Gasteiger partial charge in [-0.15, -0.1) is 0 Å². The summed E-state index contributed by atoms with van der Waals surface area (Å²) < 4.78 is 44.7. The molecule has 1 atom stereocenters. The molecule has 6 heteroatoms. The van der Waals surface area contributed by atoms with Gasteiger partial charge in [0.1, 0.15) is 5.82 Å². The van der Waals surface area contributed by atoms with Crippen molar-refractivity contribution in [1.82, 2.24) is 0 Å². The molecule has 0 saturated carbocycles. The van der Waals surface area contributed by atoms with Crippen LogP contribution in [0.4, 0.5) is 13.2 Å². The molecular weight excluding hydrogens is 247 g/mol. The molecule has 0 saturated heterocycles. The van der Waals surface area contributed by atoms with Crippen LogP contribution in [0.3, 0.4) is 0 Å². The maximum absolute atomic E-state index is 13.6. The molecule has 3 nitrogen and oxygen atoms in total. The summed E-state index contributed by atoms with van der Waals surface area (Å²) in [6.45, 7) is 2.74. The van der Waals surface area contributed by atoms with Crippen molar-refractivity contribution in [3.63, 3.8) is 0 Å². The number of benzene rings is 1. The van der Waals surface area contributed by atoms with Crippen molar-refractivity contribution in [3.05, 3.63) is 35.1 Å². The first-order valence-corrected chi connectivity index (χ1v) is 5.20. The molecule has 1 aromatic rings. The van der Waals surface area contributed by atoms with E-state index in [-0.39, 0.29) is 0 Å². The summed E-state index contributed by atoms with van der Waals surface area (Å²) in [7, 11) is 1.13. The number of hydrogen-bond acceptors (Lipinski definition) is 3. The third kappa shape index (κ3) is 2.33. The molecule has 0 aliphatic heterocycles. The minimum atomic E-state index is -1.39. The third-order valence-corrected chi connectivity index (χ3v) is 2.88. The van der Waals surface area contributed by atoms with Gasteiger partial charge < -0.3 is 10.5 Å². The second-order valence-electron chi connectivity index (χ2n) is 4.45. The second kappa shape index (κ2) is 4.97. The van der Waals surface area contributed by atoms with Gasteiger partial charge in [0.2, 0.25) is 0 Å². The first kappa shape index (κ1) is 14.5. The van der Waals surface area contributed by atoms with E-state index in [0.29, 0.717) is 6.07 Å². The molecule has 0 heterocycles. The average Bonchev–Trinajstić information content (AvgIpc) is 2.33. The molecule has 100 valence electrons. The van der Waals surface area contributed by atoms with Crippen LogP contribution in [0.15, 0.2) is 12.1 Å². The zero-order valence-corrected chi connectivity index (χ0v) is 10.3. The van der Waals surface area contributed by atoms with Gasteiger partial charge in [0.05, 0.1) is 18.6 Å². The van der Waals surface area contributed by atoms with Crippen LogP contribution in [0.5, 0.6) is 0 Å². The van der Waals surface area contributed by atoms with Crippen LogP contribution in [-0.4, -0.2) is 13.1 Å². The maximum atomic E-state index is 13.6. The highest BCUT2D eigenvalue weighted by atomic mass is 19.2. The van der Waals surface area contributed by atoms with Gasteiger partial charge in [-0.05, 0) is 26.0 Å². The van der Waals surface area contributed by atoms with E-state index in [1.54, 1.807) is 0 Å². The van der Waals surface area contributed by atoms with Gasteiger partial charge in [-0.25, -0.2) is 13.2 Å². The van der Waals surface area contributed by atoms with Crippen LogP contribution >= 0.6 is 0 Å². The summed E-state index contributed by atoms with van der Waals surface area (Å²) in [4.78, 5) is 11.5. The SMILES string of the molecule is COC(=O)C(C)(C)[C@H](N)c1c(F)ccc(F)c1F. The molecule has 0 unspecified atom stereocenters. The number of carbonyl (C=O) groups excluding carboxylic acids is 1. The van der Waals surface area contributed by atoms with Crippen LogP contribution in [0, 0.1) is 22.9 Å². The zero-order valence-electron chi connectivity index (χ0n) is 10.3. The first-order chi connectivity index (χ1) is 8.23. The summed E-state index contributed by atoms with van der Waals surface area (Å²) in [5.41, 5.74) is 3.63. The van der Waals surface area contributed by atoms with E-state index in [2.05, 4.69) is 4.74 Å². The van der Waals surface area contributed by atoms with Crippen LogP contribution in [0.1, 0.15) is 25.5 Å². The van der Waals surface area contributed by atoms with Gasteiger partial charge in [-0.3, -0.25) is 4.79 Å². The van der Waals surface area contributed by atoms with Gasteiger partial charge >= 0.3 is 5.97 Å². The Morgan fingerprint density at radius 3 is 2.28 bits per heavy atom. The van der Waals surface area contributed by atoms with Crippen LogP contribution in [0.25, 0.3) is 0 Å². The molecule has 0 spiro atoms. The molecule has 0 aliphatic rings. The lowest BCUT2D eigenvalue weighted by Gasteiger charge is -2.29. The smallest absolute Gasteiger partial charge is 0.313 e. The highest BCUT2D eigenvalue weighted by Gasteiger charge is 2.39. The lowest BCUT2D eigenvalue weighted by atomic mass is 9.80. The topological polar surface area (TPSA) is 52.3 Å². The number of halogens is 3. The Morgan fingerprint density at radius 2 is 1.78 bits per heavy atom. The van der Waals surface area contributed by atoms with Crippen molar-refractivity contribution in [2.45, 2.75) is 19.9 Å². The van der Waals surface area contributed by atoms with Crippen molar-refractivity contribution < 1.29 is 22.7 Å². The van der Waals surface area contributed by atoms with Crippen LogP contribution in [-0.2, 0) is 9.53 Å². The summed E-state index contributed by atoms with van der Waals surface area (Å²) in [5, 5.41) is 0. The number of nitrogens with two attached hydrogens (primary N) is 1. The summed E-state index contributed by atoms with van der Waals surface area (Å²) in [6.07, 6.45) is 0. The highest BCUT2D eigenvalue weighted by molar-refractivity contribution is 5.77. The Kier molecular flexibility index (Phi) is 4.01. The predicted octanol–water partition coefficient (Wildman–Crippen LogP) is 2.30. The minimum Gasteiger partial charge on any atom is -0.469 e. The number of hydrogen-bond donors (Lipinski definition) is 1. The molecule has 0 amide bonds. The lowest BCUT2D eigenvalue weighted by Crippen LogP contribution is -2.38. The van der Waals surface area contributed by atoms with Crippen LogP contribution in [0.2, 0.25) is 0 Å². The van der Waals surface area contributed by atoms with Gasteiger partial charge in [-0.1, -0.05) is 0 Å². The molecule has 0 bridgehead atoms. The Hall–Kier alpha value is -1.56. The number of ether oxygens (including phenoxy) is 1. The predicted molar refractivity (Wildman–Crippen MR) is 59.0 cm³/mol. The van der Waals surface area contributed by atoms with Gasteiger partial charge in [0.15, 0.2) is 11.6 Å². The summed E-state index contributed by atoms with van der Waals surface area (Å²) in [6, 6.07) is 0.0631. The molecule has 0 fully saturated rings. The van der Waals surface area contributed by atoms with Gasteiger partial charge in [-0.2, -0.15) is 0 Å². The second-order valence-corrected chi connectivity index (χ2v) is 4.45. The highest BCUT2D eigenvalue weighted by Crippen LogP contribution is 2.35. The monoisotopic (exact) mass is 261 g/mol. The maximum Gasteiger partial charge on any atom is 0.313 e. The van der Waals surface area contributed by atoms with Crippen molar-refractivity contribution in [3.8, 4) is 0 Å². The Balaban J connectivity index is 3.31. The van der Waals surface area contributed by atoms with E-state index in [9.17, 15) is 18.0 Å². The molecule has 0 aromatic heterocycles. The van der Waals surface area contributed by atoms with Crippen molar-refractivity contribution in [2.24, 2.45) is 11.1 Å². The van der Waals surface area contributed by atoms with E-state index in [1.807, 2.05) is 0 Å². The number of methoxy groups -OCH3 is 1. The van der Waals surface area contributed by atoms with E-state index in [0.717, 1.165) is 13.2 Å². The molecule has 2 N–H and O–H groups in total. The fourth-order valence-electron chi connectivity index (χ4n) is 1.58. The molecule has 1 rings (SSSR count). The van der Waals surface area contributed by atoms with Crippen molar-refractivity contribution in [2.75, 3.05) is 7.11 Å². The van der Waals surface area contributed by atoms with Crippen molar-refractivity contribution >= 4 is 5.97 Å². The van der Waals surface area contributed by atoms with Gasteiger partial charge in [0, 0.05) is 5.56 Å². The summed E-state index contributed by atoms with van der Waals surface area (Å²) >= 11 is 0.